The van der Waals surface area contributed by atoms with Crippen LogP contribution in [-0.4, -0.2) is 48.3 Å². The Bertz CT molecular complexity index is 1960. The minimum atomic E-state index is -3.43. The number of halogens is 1. The molecule has 5 aromatic rings. The second-order valence-corrected chi connectivity index (χ2v) is 13.3. The molecule has 1 fully saturated rings. The Morgan fingerprint density at radius 2 is 1.75 bits per heavy atom. The van der Waals surface area contributed by atoms with Gasteiger partial charge in [0.05, 0.1) is 17.7 Å². The Balaban J connectivity index is 1.30. The van der Waals surface area contributed by atoms with E-state index in [9.17, 15) is 12.8 Å². The van der Waals surface area contributed by atoms with Gasteiger partial charge >= 0.3 is 0 Å². The van der Waals surface area contributed by atoms with Gasteiger partial charge < -0.3 is 10.7 Å². The number of nitrogens with zero attached hydrogens (tertiary/aromatic N) is 2. The van der Waals surface area contributed by atoms with Gasteiger partial charge in [-0.2, -0.15) is 0 Å². The average molecular weight is 611 g/mol. The van der Waals surface area contributed by atoms with Crippen LogP contribution in [-0.2, 0) is 23.1 Å². The molecule has 0 unspecified atom stereocenters. The molecule has 1 aliphatic heterocycles. The van der Waals surface area contributed by atoms with Gasteiger partial charge in [0, 0.05) is 41.3 Å². The van der Waals surface area contributed by atoms with Gasteiger partial charge in [-0.05, 0) is 96.2 Å². The van der Waals surface area contributed by atoms with Gasteiger partial charge in [-0.3, -0.25) is 10.3 Å². The van der Waals surface area contributed by atoms with Crippen LogP contribution >= 0.6 is 0 Å². The number of likely N-dealkylation sites (tertiary alicyclic amines) is 1. The lowest BCUT2D eigenvalue weighted by atomic mass is 9.98. The number of nitrogens with one attached hydrogen (secondary N) is 3. The largest absolute Gasteiger partial charge is 0.383 e. The fourth-order valence-electron chi connectivity index (χ4n) is 5.87. The van der Waals surface area contributed by atoms with Crippen molar-refractivity contribution in [2.24, 2.45) is 0 Å². The van der Waals surface area contributed by atoms with E-state index in [1.807, 2.05) is 36.4 Å². The van der Waals surface area contributed by atoms with Crippen molar-refractivity contribution < 1.29 is 12.8 Å². The molecule has 0 saturated carbocycles. The van der Waals surface area contributed by atoms with Crippen LogP contribution in [0.4, 0.5) is 10.2 Å². The standard InChI is InChI=1S/C34H35FN6O2S/c1-44(42,43)39-19-23-14-25(16-27(35)15-23)28-9-6-10-31-29(28)18-32(40-31)33(36)30-17-26(20-38-34(30)37)24-8-5-7-22(13-24)21-41-11-3-2-4-12-41/h5-10,13-18,20,36,39-40H,2-4,11-12,19,21H2,1H3,(H2,37,38). The quantitative estimate of drug-likeness (QED) is 0.151. The van der Waals surface area contributed by atoms with E-state index in [-0.39, 0.29) is 18.1 Å². The number of hydrogen-bond donors (Lipinski definition) is 4. The number of nitrogens with two attached hydrogens (primary N) is 1. The molecular formula is C34H35FN6O2S. The Kier molecular flexibility index (Phi) is 8.31. The number of piperidine rings is 1. The summed E-state index contributed by atoms with van der Waals surface area (Å²) in [7, 11) is -3.43. The molecule has 3 aromatic carbocycles. The fourth-order valence-corrected chi connectivity index (χ4v) is 6.30. The van der Waals surface area contributed by atoms with Crippen molar-refractivity contribution in [3.8, 4) is 22.3 Å². The van der Waals surface area contributed by atoms with Crippen molar-refractivity contribution in [1.82, 2.24) is 19.6 Å². The van der Waals surface area contributed by atoms with Crippen LogP contribution in [0.2, 0.25) is 0 Å². The summed E-state index contributed by atoms with van der Waals surface area (Å²) in [6.45, 7) is 3.15. The predicted molar refractivity (Wildman–Crippen MR) is 175 cm³/mol. The van der Waals surface area contributed by atoms with E-state index in [0.717, 1.165) is 53.5 Å². The second kappa shape index (κ2) is 12.3. The molecule has 2 aromatic heterocycles. The normalized spacial score (nSPS) is 14.2. The van der Waals surface area contributed by atoms with E-state index < -0.39 is 15.8 Å². The Hall–Kier alpha value is -4.38. The van der Waals surface area contributed by atoms with Gasteiger partial charge in [0.2, 0.25) is 10.0 Å². The number of benzene rings is 3. The summed E-state index contributed by atoms with van der Waals surface area (Å²) in [5.74, 6) is -0.209. The molecule has 226 valence electrons. The molecule has 8 nitrogen and oxygen atoms in total. The summed E-state index contributed by atoms with van der Waals surface area (Å²) in [5.41, 5.74) is 13.3. The summed E-state index contributed by atoms with van der Waals surface area (Å²) < 4.78 is 40.2. The highest BCUT2D eigenvalue weighted by atomic mass is 32.2. The summed E-state index contributed by atoms with van der Waals surface area (Å²) in [6, 6.07) is 22.3. The van der Waals surface area contributed by atoms with Crippen molar-refractivity contribution in [3.63, 3.8) is 0 Å². The summed E-state index contributed by atoms with van der Waals surface area (Å²) in [4.78, 5) is 10.3. The number of sulfonamides is 1. The number of nitrogen functional groups attached to an aromatic ring is 1. The van der Waals surface area contributed by atoms with Gasteiger partial charge in [0.25, 0.3) is 0 Å². The molecule has 0 aliphatic carbocycles. The number of rotatable bonds is 9. The molecule has 0 atom stereocenters. The minimum Gasteiger partial charge on any atom is -0.383 e. The van der Waals surface area contributed by atoms with Gasteiger partial charge in [0.1, 0.15) is 11.6 Å². The molecule has 0 amide bonds. The van der Waals surface area contributed by atoms with Crippen LogP contribution in [0.1, 0.15) is 41.6 Å². The van der Waals surface area contributed by atoms with Crippen LogP contribution in [0.15, 0.2) is 79.0 Å². The molecule has 5 N–H and O–H groups in total. The third-order valence-corrected chi connectivity index (χ3v) is 8.71. The molecule has 1 saturated heterocycles. The number of pyridine rings is 1. The fraction of sp³-hybridized carbons (Fsp3) is 0.235. The summed E-state index contributed by atoms with van der Waals surface area (Å²) >= 11 is 0. The number of anilines is 1. The van der Waals surface area contributed by atoms with Gasteiger partial charge in [-0.25, -0.2) is 22.5 Å². The van der Waals surface area contributed by atoms with E-state index in [2.05, 4.69) is 37.8 Å². The van der Waals surface area contributed by atoms with E-state index in [1.54, 1.807) is 12.3 Å². The van der Waals surface area contributed by atoms with Crippen molar-refractivity contribution in [2.75, 3.05) is 25.1 Å². The first-order valence-electron chi connectivity index (χ1n) is 14.7. The number of aromatic nitrogens is 2. The highest BCUT2D eigenvalue weighted by molar-refractivity contribution is 7.88. The predicted octanol–water partition coefficient (Wildman–Crippen LogP) is 6.07. The zero-order chi connectivity index (χ0) is 30.8. The first kappa shape index (κ1) is 29.7. The lowest BCUT2D eigenvalue weighted by Crippen LogP contribution is -2.29. The zero-order valence-electron chi connectivity index (χ0n) is 24.5. The number of fused-ring (bicyclic) bond motifs is 1. The lowest BCUT2D eigenvalue weighted by molar-refractivity contribution is 0.221. The number of H-pyrrole nitrogens is 1. The van der Waals surface area contributed by atoms with Gasteiger partial charge in [-0.15, -0.1) is 0 Å². The van der Waals surface area contributed by atoms with Crippen LogP contribution in [0.5, 0.6) is 0 Å². The smallest absolute Gasteiger partial charge is 0.209 e. The minimum absolute atomic E-state index is 0.0214. The maximum absolute atomic E-state index is 14.6. The topological polar surface area (TPSA) is 128 Å². The SMILES string of the molecule is CS(=O)(=O)NCc1cc(F)cc(-c2cccc3[nH]c(C(=N)c4cc(-c5cccc(CN6CCCCC6)c5)cnc4N)cc23)c1. The van der Waals surface area contributed by atoms with Crippen LogP contribution in [0.3, 0.4) is 0 Å². The van der Waals surface area contributed by atoms with Crippen molar-refractivity contribution in [3.05, 3.63) is 107 Å². The summed E-state index contributed by atoms with van der Waals surface area (Å²) in [5, 5.41) is 9.89. The molecule has 0 bridgehead atoms. The van der Waals surface area contributed by atoms with Crippen LogP contribution in [0.25, 0.3) is 33.2 Å². The maximum atomic E-state index is 14.6. The maximum Gasteiger partial charge on any atom is 0.209 e. The van der Waals surface area contributed by atoms with E-state index >= 15 is 0 Å². The Labute approximate surface area is 256 Å². The van der Waals surface area contributed by atoms with E-state index in [1.165, 1.54) is 37.0 Å². The number of hydrogen-bond acceptors (Lipinski definition) is 6. The zero-order valence-corrected chi connectivity index (χ0v) is 25.3. The highest BCUT2D eigenvalue weighted by Gasteiger charge is 2.17. The third kappa shape index (κ3) is 6.72. The monoisotopic (exact) mass is 610 g/mol. The average Bonchev–Trinajstić information content (AvgIpc) is 3.45. The van der Waals surface area contributed by atoms with Crippen molar-refractivity contribution >= 4 is 32.5 Å². The first-order chi connectivity index (χ1) is 21.1. The first-order valence-corrected chi connectivity index (χ1v) is 16.5. The Morgan fingerprint density at radius 3 is 2.55 bits per heavy atom. The van der Waals surface area contributed by atoms with Crippen molar-refractivity contribution in [2.45, 2.75) is 32.4 Å². The van der Waals surface area contributed by atoms with Crippen LogP contribution < -0.4 is 10.5 Å². The number of aromatic amines is 1. The van der Waals surface area contributed by atoms with Crippen LogP contribution in [0, 0.1) is 11.2 Å². The Morgan fingerprint density at radius 1 is 0.977 bits per heavy atom. The van der Waals surface area contributed by atoms with E-state index in [4.69, 9.17) is 11.1 Å². The van der Waals surface area contributed by atoms with Gasteiger partial charge in [0.15, 0.2) is 0 Å². The van der Waals surface area contributed by atoms with Gasteiger partial charge in [-0.1, -0.05) is 36.8 Å². The molecule has 3 heterocycles. The molecule has 0 spiro atoms. The summed E-state index contributed by atoms with van der Waals surface area (Å²) in [6.07, 6.45) is 6.60. The second-order valence-electron chi connectivity index (χ2n) is 11.5. The highest BCUT2D eigenvalue weighted by Crippen LogP contribution is 2.32. The third-order valence-electron chi connectivity index (χ3n) is 8.04. The molecule has 44 heavy (non-hydrogen) atoms. The molecule has 6 rings (SSSR count). The van der Waals surface area contributed by atoms with Crippen molar-refractivity contribution in [1.29, 1.82) is 5.41 Å². The molecule has 1 aliphatic rings. The molecule has 10 heteroatoms. The lowest BCUT2D eigenvalue weighted by Gasteiger charge is -2.26. The molecular weight excluding hydrogens is 575 g/mol. The van der Waals surface area contributed by atoms with E-state index in [0.29, 0.717) is 22.4 Å². The molecule has 0 radical (unpaired) electrons.